The Morgan fingerprint density at radius 3 is 2.86 bits per heavy atom. The summed E-state index contributed by atoms with van der Waals surface area (Å²) in [5.74, 6) is 0. The van der Waals surface area contributed by atoms with Gasteiger partial charge in [0.1, 0.15) is 11.9 Å². The molecule has 1 aromatic heterocycles. The zero-order chi connectivity index (χ0) is 15.5. The minimum absolute atomic E-state index is 0.0510. The van der Waals surface area contributed by atoms with Crippen molar-refractivity contribution in [2.75, 3.05) is 13.1 Å². The molecule has 21 heavy (non-hydrogen) atoms. The van der Waals surface area contributed by atoms with Gasteiger partial charge in [-0.05, 0) is 45.8 Å². The van der Waals surface area contributed by atoms with E-state index < -0.39 is 5.60 Å². The number of carbonyl (C=O) groups is 1. The number of rotatable bonds is 1. The number of piperidine rings is 1. The Balaban J connectivity index is 1.89. The standard InChI is InChI=1S/C14H22N4O2S/c1-14(2,3)20-12(19)16-11-5-4-7-17(9-11)13(21)18-8-6-15-10-18/h6,8,10-11H,4-5,7,9H2,1-3H3,(H,16,19)/t11-/m1/s1. The third kappa shape index (κ3) is 4.70. The number of thiocarbonyl (C=S) groups is 1. The summed E-state index contributed by atoms with van der Waals surface area (Å²) in [7, 11) is 0. The number of amides is 1. The van der Waals surface area contributed by atoms with Gasteiger partial charge >= 0.3 is 6.09 Å². The topological polar surface area (TPSA) is 59.4 Å². The summed E-state index contributed by atoms with van der Waals surface area (Å²) in [6.45, 7) is 7.15. The molecule has 1 aromatic rings. The summed E-state index contributed by atoms with van der Waals surface area (Å²) in [4.78, 5) is 17.9. The van der Waals surface area contributed by atoms with E-state index in [-0.39, 0.29) is 12.1 Å². The van der Waals surface area contributed by atoms with Gasteiger partial charge in [0, 0.05) is 31.5 Å². The Kier molecular flexibility index (Phi) is 4.82. The molecule has 6 nitrogen and oxygen atoms in total. The largest absolute Gasteiger partial charge is 0.444 e. The van der Waals surface area contributed by atoms with E-state index in [4.69, 9.17) is 17.0 Å². The van der Waals surface area contributed by atoms with Crippen LogP contribution in [0.1, 0.15) is 33.6 Å². The molecule has 0 aliphatic carbocycles. The molecule has 1 aliphatic heterocycles. The lowest BCUT2D eigenvalue weighted by Gasteiger charge is -2.35. The lowest BCUT2D eigenvalue weighted by atomic mass is 10.1. The molecule has 0 spiro atoms. The van der Waals surface area contributed by atoms with Gasteiger partial charge in [-0.25, -0.2) is 9.78 Å². The molecule has 1 atom stereocenters. The van der Waals surface area contributed by atoms with Crippen molar-refractivity contribution in [1.82, 2.24) is 19.8 Å². The molecule has 0 radical (unpaired) electrons. The Labute approximate surface area is 130 Å². The smallest absolute Gasteiger partial charge is 0.407 e. The molecule has 7 heteroatoms. The van der Waals surface area contributed by atoms with Crippen molar-refractivity contribution in [3.05, 3.63) is 18.7 Å². The Morgan fingerprint density at radius 1 is 1.48 bits per heavy atom. The second-order valence-electron chi connectivity index (χ2n) is 6.18. The van der Waals surface area contributed by atoms with Crippen molar-refractivity contribution in [3.8, 4) is 0 Å². The molecular weight excluding hydrogens is 288 g/mol. The third-order valence-electron chi connectivity index (χ3n) is 3.14. The highest BCUT2D eigenvalue weighted by atomic mass is 32.1. The van der Waals surface area contributed by atoms with Crippen molar-refractivity contribution in [3.63, 3.8) is 0 Å². The molecule has 0 aromatic carbocycles. The van der Waals surface area contributed by atoms with Gasteiger partial charge in [0.25, 0.3) is 0 Å². The number of ether oxygens (including phenoxy) is 1. The van der Waals surface area contributed by atoms with Crippen LogP contribution in [-0.4, -0.2) is 50.4 Å². The van der Waals surface area contributed by atoms with Crippen LogP contribution in [0.5, 0.6) is 0 Å². The first-order valence-corrected chi connectivity index (χ1v) is 7.53. The predicted molar refractivity (Wildman–Crippen MR) is 84.2 cm³/mol. The summed E-state index contributed by atoms with van der Waals surface area (Å²) in [6.07, 6.45) is 6.76. The number of imidazole rings is 1. The molecule has 0 saturated carbocycles. The first-order chi connectivity index (χ1) is 9.85. The number of hydrogen-bond donors (Lipinski definition) is 1. The zero-order valence-corrected chi connectivity index (χ0v) is 13.5. The Hall–Kier alpha value is -1.63. The second kappa shape index (κ2) is 6.43. The van der Waals surface area contributed by atoms with Gasteiger partial charge in [0.15, 0.2) is 5.11 Å². The van der Waals surface area contributed by atoms with E-state index in [1.165, 1.54) is 0 Å². The maximum atomic E-state index is 11.8. The van der Waals surface area contributed by atoms with Crippen LogP contribution in [0.4, 0.5) is 4.79 Å². The number of hydrogen-bond acceptors (Lipinski definition) is 4. The summed E-state index contributed by atoms with van der Waals surface area (Å²) in [5.41, 5.74) is -0.482. The van der Waals surface area contributed by atoms with Crippen molar-refractivity contribution >= 4 is 23.4 Å². The van der Waals surface area contributed by atoms with Gasteiger partial charge in [-0.3, -0.25) is 4.57 Å². The number of alkyl carbamates (subject to hydrolysis) is 1. The summed E-state index contributed by atoms with van der Waals surface area (Å²) < 4.78 is 7.10. The fraction of sp³-hybridized carbons (Fsp3) is 0.643. The summed E-state index contributed by atoms with van der Waals surface area (Å²) in [6, 6.07) is 0.0510. The molecule has 116 valence electrons. The van der Waals surface area contributed by atoms with Crippen LogP contribution in [0.2, 0.25) is 0 Å². The van der Waals surface area contributed by atoms with Crippen LogP contribution in [0.25, 0.3) is 0 Å². The molecule has 1 aliphatic rings. The summed E-state index contributed by atoms with van der Waals surface area (Å²) in [5, 5.41) is 3.63. The van der Waals surface area contributed by atoms with E-state index in [1.54, 1.807) is 12.5 Å². The fourth-order valence-corrected chi connectivity index (χ4v) is 2.55. The van der Waals surface area contributed by atoms with Crippen molar-refractivity contribution in [2.45, 2.75) is 45.3 Å². The maximum Gasteiger partial charge on any atom is 0.407 e. The molecule has 1 N–H and O–H groups in total. The minimum atomic E-state index is -0.482. The van der Waals surface area contributed by atoms with Gasteiger partial charge < -0.3 is 15.0 Å². The highest BCUT2D eigenvalue weighted by Crippen LogP contribution is 2.13. The van der Waals surface area contributed by atoms with Crippen molar-refractivity contribution in [1.29, 1.82) is 0 Å². The molecule has 1 saturated heterocycles. The summed E-state index contributed by atoms with van der Waals surface area (Å²) >= 11 is 5.45. The highest BCUT2D eigenvalue weighted by molar-refractivity contribution is 7.80. The normalized spacial score (nSPS) is 19.2. The maximum absolute atomic E-state index is 11.8. The van der Waals surface area contributed by atoms with Gasteiger partial charge in [0.05, 0.1) is 0 Å². The Morgan fingerprint density at radius 2 is 2.24 bits per heavy atom. The molecule has 0 bridgehead atoms. The SMILES string of the molecule is CC(C)(C)OC(=O)N[C@@H]1CCCN(C(=S)n2ccnc2)C1. The van der Waals surface area contributed by atoms with E-state index in [0.29, 0.717) is 11.7 Å². The Bertz CT molecular complexity index is 496. The van der Waals surface area contributed by atoms with Crippen LogP contribution in [0, 0.1) is 0 Å². The van der Waals surface area contributed by atoms with E-state index in [1.807, 2.05) is 31.5 Å². The second-order valence-corrected chi connectivity index (χ2v) is 6.55. The van der Waals surface area contributed by atoms with Crippen LogP contribution >= 0.6 is 12.2 Å². The third-order valence-corrected chi connectivity index (χ3v) is 3.61. The fourth-order valence-electron chi connectivity index (χ4n) is 2.28. The van der Waals surface area contributed by atoms with Gasteiger partial charge in [-0.2, -0.15) is 0 Å². The zero-order valence-electron chi connectivity index (χ0n) is 12.7. The van der Waals surface area contributed by atoms with Gasteiger partial charge in [-0.15, -0.1) is 0 Å². The first-order valence-electron chi connectivity index (χ1n) is 7.12. The predicted octanol–water partition coefficient (Wildman–Crippen LogP) is 2.01. The van der Waals surface area contributed by atoms with Gasteiger partial charge in [0.2, 0.25) is 0 Å². The first kappa shape index (κ1) is 15.8. The lowest BCUT2D eigenvalue weighted by Crippen LogP contribution is -2.51. The number of nitrogens with one attached hydrogen (secondary N) is 1. The molecule has 1 fully saturated rings. The lowest BCUT2D eigenvalue weighted by molar-refractivity contribution is 0.0486. The average Bonchev–Trinajstić information content (AvgIpc) is 2.89. The van der Waals surface area contributed by atoms with E-state index >= 15 is 0 Å². The van der Waals surface area contributed by atoms with Crippen LogP contribution in [0.3, 0.4) is 0 Å². The molecule has 1 amide bonds. The van der Waals surface area contributed by atoms with E-state index in [9.17, 15) is 4.79 Å². The van der Waals surface area contributed by atoms with Gasteiger partial charge in [-0.1, -0.05) is 0 Å². The van der Waals surface area contributed by atoms with E-state index in [0.717, 1.165) is 19.4 Å². The number of carbonyl (C=O) groups excluding carboxylic acids is 1. The number of likely N-dealkylation sites (tertiary alicyclic amines) is 1. The van der Waals surface area contributed by atoms with E-state index in [2.05, 4.69) is 15.2 Å². The van der Waals surface area contributed by atoms with Crippen LogP contribution < -0.4 is 5.32 Å². The molecule has 0 unspecified atom stereocenters. The minimum Gasteiger partial charge on any atom is -0.444 e. The van der Waals surface area contributed by atoms with Crippen molar-refractivity contribution < 1.29 is 9.53 Å². The molecule has 2 rings (SSSR count). The van der Waals surface area contributed by atoms with Crippen LogP contribution in [0.15, 0.2) is 18.7 Å². The monoisotopic (exact) mass is 310 g/mol. The highest BCUT2D eigenvalue weighted by Gasteiger charge is 2.25. The number of nitrogens with zero attached hydrogens (tertiary/aromatic N) is 3. The van der Waals surface area contributed by atoms with Crippen LogP contribution in [-0.2, 0) is 4.74 Å². The quantitative estimate of drug-likeness (QED) is 0.804. The van der Waals surface area contributed by atoms with Crippen molar-refractivity contribution in [2.24, 2.45) is 0 Å². The molecule has 2 heterocycles. The molecular formula is C14H22N4O2S. The average molecular weight is 310 g/mol. The number of aromatic nitrogens is 2.